The zero-order valence-electron chi connectivity index (χ0n) is 15.5. The van der Waals surface area contributed by atoms with Crippen LogP contribution >= 0.6 is 0 Å². The first-order chi connectivity index (χ1) is 11.7. The fourth-order valence-corrected chi connectivity index (χ4v) is 5.82. The molecule has 3 saturated carbocycles. The Hall–Kier alpha value is -1.36. The fourth-order valence-electron chi connectivity index (χ4n) is 5.82. The largest absolute Gasteiger partial charge is 0.462 e. The average molecular weight is 348 g/mol. The molecule has 25 heavy (non-hydrogen) atoms. The quantitative estimate of drug-likeness (QED) is 0.627. The summed E-state index contributed by atoms with van der Waals surface area (Å²) < 4.78 is 11.6. The van der Waals surface area contributed by atoms with Gasteiger partial charge in [0.05, 0.1) is 17.9 Å². The molecule has 0 spiro atoms. The maximum atomic E-state index is 12.5. The summed E-state index contributed by atoms with van der Waals surface area (Å²) in [5.41, 5.74) is 1.93. The summed E-state index contributed by atoms with van der Waals surface area (Å²) in [4.78, 5) is 24.8. The summed E-state index contributed by atoms with van der Waals surface area (Å²) in [6.07, 6.45) is 1.55. The van der Waals surface area contributed by atoms with Crippen LogP contribution in [-0.2, 0) is 19.1 Å². The lowest BCUT2D eigenvalue weighted by Crippen LogP contribution is -2.45. The molecule has 0 amide bonds. The number of rotatable bonds is 3. The van der Waals surface area contributed by atoms with Gasteiger partial charge in [0.1, 0.15) is 12.2 Å². The number of carbonyl (C=O) groups excluding carboxylic acids is 2. The predicted molar refractivity (Wildman–Crippen MR) is 90.3 cm³/mol. The minimum atomic E-state index is -0.448. The van der Waals surface area contributed by atoms with Crippen LogP contribution in [-0.4, -0.2) is 35.4 Å². The van der Waals surface area contributed by atoms with E-state index in [1.165, 1.54) is 0 Å². The Labute approximate surface area is 148 Å². The van der Waals surface area contributed by atoms with Gasteiger partial charge in [0.2, 0.25) is 0 Å². The van der Waals surface area contributed by atoms with Gasteiger partial charge in [0, 0.05) is 6.42 Å². The Kier molecular flexibility index (Phi) is 3.80. The molecule has 5 aliphatic rings. The highest BCUT2D eigenvalue weighted by atomic mass is 16.6. The van der Waals surface area contributed by atoms with E-state index in [9.17, 15) is 14.7 Å². The smallest absolute Gasteiger partial charge is 0.310 e. The van der Waals surface area contributed by atoms with Gasteiger partial charge in [-0.25, -0.2) is 0 Å². The summed E-state index contributed by atoms with van der Waals surface area (Å²) in [5, 5.41) is 10.4. The van der Waals surface area contributed by atoms with E-state index in [1.54, 1.807) is 0 Å². The molecule has 1 heterocycles. The summed E-state index contributed by atoms with van der Waals surface area (Å²) in [6.45, 7) is 8.14. The minimum Gasteiger partial charge on any atom is -0.462 e. The van der Waals surface area contributed by atoms with Crippen molar-refractivity contribution in [2.75, 3.05) is 0 Å². The van der Waals surface area contributed by atoms with Crippen molar-refractivity contribution < 1.29 is 24.2 Å². The number of esters is 2. The lowest BCUT2D eigenvalue weighted by Gasteiger charge is -2.43. The molecular formula is C20H28O5. The molecule has 138 valence electrons. The van der Waals surface area contributed by atoms with Crippen LogP contribution in [0.3, 0.4) is 0 Å². The third kappa shape index (κ3) is 2.46. The Morgan fingerprint density at radius 2 is 2.12 bits per heavy atom. The van der Waals surface area contributed by atoms with Gasteiger partial charge in [-0.1, -0.05) is 20.8 Å². The Balaban J connectivity index is 1.72. The second-order valence-corrected chi connectivity index (χ2v) is 9.17. The molecule has 4 fully saturated rings. The lowest BCUT2D eigenvalue weighted by atomic mass is 9.62. The van der Waals surface area contributed by atoms with Crippen molar-refractivity contribution in [1.29, 1.82) is 0 Å². The molecule has 4 bridgehead atoms. The number of aliphatic hydroxyl groups excluding tert-OH is 1. The van der Waals surface area contributed by atoms with E-state index < -0.39 is 6.10 Å². The summed E-state index contributed by atoms with van der Waals surface area (Å²) in [5.74, 6) is -0.174. The average Bonchev–Trinajstić information content (AvgIpc) is 2.91. The molecule has 1 N–H and O–H groups in total. The van der Waals surface area contributed by atoms with Crippen molar-refractivity contribution in [2.24, 2.45) is 29.1 Å². The zero-order chi connectivity index (χ0) is 18.1. The number of aliphatic hydroxyl groups is 1. The summed E-state index contributed by atoms with van der Waals surface area (Å²) >= 11 is 0. The number of hydrogen-bond acceptors (Lipinski definition) is 5. The van der Waals surface area contributed by atoms with Crippen LogP contribution in [0.1, 0.15) is 53.4 Å². The van der Waals surface area contributed by atoms with Gasteiger partial charge in [-0.15, -0.1) is 0 Å². The highest BCUT2D eigenvalue weighted by molar-refractivity contribution is 5.77. The van der Waals surface area contributed by atoms with E-state index in [2.05, 4.69) is 6.92 Å². The van der Waals surface area contributed by atoms with E-state index in [1.807, 2.05) is 20.8 Å². The molecule has 0 aromatic rings. The maximum Gasteiger partial charge on any atom is 0.310 e. The Bertz CT molecular complexity index is 650. The molecule has 0 aromatic heterocycles. The normalized spacial score (nSPS) is 44.8. The van der Waals surface area contributed by atoms with Crippen LogP contribution in [0.25, 0.3) is 0 Å². The van der Waals surface area contributed by atoms with Crippen LogP contribution in [0.15, 0.2) is 11.1 Å². The summed E-state index contributed by atoms with van der Waals surface area (Å²) in [7, 11) is 0. The van der Waals surface area contributed by atoms with Crippen LogP contribution < -0.4 is 0 Å². The lowest BCUT2D eigenvalue weighted by molar-refractivity contribution is -0.160. The predicted octanol–water partition coefficient (Wildman–Crippen LogP) is 2.61. The van der Waals surface area contributed by atoms with Crippen molar-refractivity contribution in [3.63, 3.8) is 0 Å². The van der Waals surface area contributed by atoms with Crippen LogP contribution in [0.2, 0.25) is 0 Å². The number of ether oxygens (including phenoxy) is 2. The SMILES string of the molecule is CC1=C2[C@@H](CC1O)[C@]1(C)C[C@@H](OC(=O)CC(C)C)[C@H]3[C@@H](C1)C(=O)O[C@@H]23. The third-order valence-corrected chi connectivity index (χ3v) is 6.94. The molecule has 7 atom stereocenters. The van der Waals surface area contributed by atoms with Crippen molar-refractivity contribution in [3.05, 3.63) is 11.1 Å². The van der Waals surface area contributed by atoms with E-state index in [0.717, 1.165) is 24.0 Å². The third-order valence-electron chi connectivity index (χ3n) is 6.94. The first-order valence-corrected chi connectivity index (χ1v) is 9.50. The van der Waals surface area contributed by atoms with Gasteiger partial charge < -0.3 is 14.6 Å². The number of fused-ring (bicyclic) bond motifs is 1. The van der Waals surface area contributed by atoms with Crippen LogP contribution in [0, 0.1) is 29.1 Å². The van der Waals surface area contributed by atoms with Crippen LogP contribution in [0.4, 0.5) is 0 Å². The second-order valence-electron chi connectivity index (χ2n) is 9.17. The van der Waals surface area contributed by atoms with Crippen LogP contribution in [0.5, 0.6) is 0 Å². The molecule has 5 nitrogen and oxygen atoms in total. The highest BCUT2D eigenvalue weighted by Crippen LogP contribution is 2.63. The molecule has 4 aliphatic carbocycles. The number of carbonyl (C=O) groups is 2. The number of hydrogen-bond donors (Lipinski definition) is 1. The molecule has 5 heteroatoms. The second kappa shape index (κ2) is 5.57. The Morgan fingerprint density at radius 1 is 1.40 bits per heavy atom. The van der Waals surface area contributed by atoms with Gasteiger partial charge in [-0.3, -0.25) is 9.59 Å². The monoisotopic (exact) mass is 348 g/mol. The molecule has 1 unspecified atom stereocenters. The van der Waals surface area contributed by atoms with Gasteiger partial charge in [0.25, 0.3) is 0 Å². The first-order valence-electron chi connectivity index (χ1n) is 9.50. The summed E-state index contributed by atoms with van der Waals surface area (Å²) in [6, 6.07) is 0. The first kappa shape index (κ1) is 17.1. The van der Waals surface area contributed by atoms with E-state index in [0.29, 0.717) is 12.8 Å². The molecular weight excluding hydrogens is 320 g/mol. The molecule has 0 aromatic carbocycles. The standard InChI is InChI=1S/C20H28O5/c1-9(2)5-15(22)24-14-8-20(4)7-11-17(14)18(25-19(11)23)16-10(3)13(21)6-12(16)20/h9,11-14,17-18,21H,5-8H2,1-4H3/t11-,12-,13?,14-,17-,18+,20+/m1/s1. The fraction of sp³-hybridized carbons (Fsp3) is 0.800. The Morgan fingerprint density at radius 3 is 2.80 bits per heavy atom. The van der Waals surface area contributed by atoms with E-state index in [-0.39, 0.29) is 53.2 Å². The molecule has 1 aliphatic heterocycles. The van der Waals surface area contributed by atoms with E-state index >= 15 is 0 Å². The minimum absolute atomic E-state index is 0.100. The van der Waals surface area contributed by atoms with Crippen molar-refractivity contribution in [2.45, 2.75) is 71.7 Å². The molecule has 5 rings (SSSR count). The highest BCUT2D eigenvalue weighted by Gasteiger charge is 2.65. The van der Waals surface area contributed by atoms with Crippen molar-refractivity contribution in [1.82, 2.24) is 0 Å². The zero-order valence-corrected chi connectivity index (χ0v) is 15.5. The molecule has 0 radical (unpaired) electrons. The van der Waals surface area contributed by atoms with Gasteiger partial charge in [0.15, 0.2) is 0 Å². The van der Waals surface area contributed by atoms with E-state index in [4.69, 9.17) is 9.47 Å². The van der Waals surface area contributed by atoms with Gasteiger partial charge in [-0.2, -0.15) is 0 Å². The maximum absolute atomic E-state index is 12.5. The van der Waals surface area contributed by atoms with Gasteiger partial charge in [-0.05, 0) is 54.6 Å². The van der Waals surface area contributed by atoms with Gasteiger partial charge >= 0.3 is 11.9 Å². The molecule has 1 saturated heterocycles. The van der Waals surface area contributed by atoms with Crippen molar-refractivity contribution >= 4 is 11.9 Å². The van der Waals surface area contributed by atoms with Crippen molar-refractivity contribution in [3.8, 4) is 0 Å². The topological polar surface area (TPSA) is 72.8 Å².